The summed E-state index contributed by atoms with van der Waals surface area (Å²) in [5.74, 6) is -1.32. The average Bonchev–Trinajstić information content (AvgIpc) is 3.48. The summed E-state index contributed by atoms with van der Waals surface area (Å²) in [4.78, 5) is 86.5. The number of ether oxygens (including phenoxy) is 3. The van der Waals surface area contributed by atoms with Crippen LogP contribution in [0.5, 0.6) is 0 Å². The summed E-state index contributed by atoms with van der Waals surface area (Å²) in [5, 5.41) is 9.98. The zero-order valence-corrected chi connectivity index (χ0v) is 21.5. The van der Waals surface area contributed by atoms with Crippen molar-refractivity contribution >= 4 is 35.9 Å². The van der Waals surface area contributed by atoms with E-state index in [-0.39, 0.29) is 20.2 Å². The highest BCUT2D eigenvalue weighted by molar-refractivity contribution is 5.99. The van der Waals surface area contributed by atoms with Gasteiger partial charge in [-0.2, -0.15) is 0 Å². The largest absolute Gasteiger partial charge is 0.376 e. The van der Waals surface area contributed by atoms with Crippen LogP contribution in [0.25, 0.3) is 0 Å². The van der Waals surface area contributed by atoms with Crippen LogP contribution in [-0.4, -0.2) is 160 Å². The third kappa shape index (κ3) is 3.79. The number of methoxy groups -OCH3 is 3. The summed E-state index contributed by atoms with van der Waals surface area (Å²) in [7, 11) is 4.02. The highest BCUT2D eigenvalue weighted by atomic mass is 16.5. The van der Waals surface area contributed by atoms with Crippen molar-refractivity contribution in [1.82, 2.24) is 39.2 Å². The lowest BCUT2D eigenvalue weighted by molar-refractivity contribution is -0.130. The molecular weight excluding hydrogens is 512 g/mol. The molecule has 0 aromatic rings. The van der Waals surface area contributed by atoms with Gasteiger partial charge in [-0.1, -0.05) is 0 Å². The lowest BCUT2D eigenvalue weighted by atomic mass is 10.3. The summed E-state index contributed by atoms with van der Waals surface area (Å²) in [6.07, 6.45) is -4.54. The van der Waals surface area contributed by atoms with Crippen molar-refractivity contribution in [2.45, 2.75) is 38.5 Å². The monoisotopic (exact) mass is 542 g/mol. The van der Waals surface area contributed by atoms with E-state index in [0.717, 1.165) is 43.2 Å². The molecule has 4 aliphatic heterocycles. The maximum Gasteiger partial charge on any atom is 0.332 e. The number of nitrogens with zero attached hydrogens (tertiary/aromatic N) is 8. The van der Waals surface area contributed by atoms with Crippen molar-refractivity contribution in [2.24, 2.45) is 0 Å². The fraction of sp³-hybridized carbons (Fsp3) is 0.700. The van der Waals surface area contributed by atoms with E-state index in [1.807, 2.05) is 0 Å². The van der Waals surface area contributed by atoms with E-state index in [0.29, 0.717) is 0 Å². The van der Waals surface area contributed by atoms with Gasteiger partial charge in [0.2, 0.25) is 11.8 Å². The Hall–Kier alpha value is -3.74. The van der Waals surface area contributed by atoms with Gasteiger partial charge in [0, 0.05) is 35.2 Å². The van der Waals surface area contributed by atoms with Crippen molar-refractivity contribution in [3.05, 3.63) is 0 Å². The molecule has 4 saturated heterocycles. The predicted molar refractivity (Wildman–Crippen MR) is 120 cm³/mol. The maximum atomic E-state index is 13.6. The number of hydrogen-bond acceptors (Lipinski definition) is 10. The lowest BCUT2D eigenvalue weighted by Gasteiger charge is -2.34. The highest BCUT2D eigenvalue weighted by Crippen LogP contribution is 2.39. The number of fused-ring (bicyclic) bond motifs is 2. The summed E-state index contributed by atoms with van der Waals surface area (Å²) >= 11 is 0. The Labute approximate surface area is 217 Å². The molecule has 1 N–H and O–H groups in total. The van der Waals surface area contributed by atoms with Crippen LogP contribution in [0, 0.1) is 0 Å². The molecule has 0 aliphatic carbocycles. The Kier molecular flexibility index (Phi) is 7.33. The number of rotatable bonds is 9. The van der Waals surface area contributed by atoms with E-state index in [4.69, 9.17) is 14.2 Å². The van der Waals surface area contributed by atoms with Crippen LogP contribution in [0.1, 0.15) is 13.8 Å². The third-order valence-corrected chi connectivity index (χ3v) is 6.80. The van der Waals surface area contributed by atoms with Crippen molar-refractivity contribution in [2.75, 3.05) is 54.9 Å². The number of aliphatic hydroxyl groups excluding tert-OH is 1. The lowest BCUT2D eigenvalue weighted by Crippen LogP contribution is -2.55. The number of carbonyl (C=O) groups is 6. The quantitative estimate of drug-likeness (QED) is 0.345. The molecule has 4 aliphatic rings. The number of urea groups is 4. The Morgan fingerprint density at radius 2 is 0.947 bits per heavy atom. The van der Waals surface area contributed by atoms with Crippen molar-refractivity contribution in [1.29, 1.82) is 0 Å². The zero-order chi connectivity index (χ0) is 28.0. The van der Waals surface area contributed by atoms with Gasteiger partial charge < -0.3 is 19.3 Å². The summed E-state index contributed by atoms with van der Waals surface area (Å²) < 4.78 is 15.4. The number of amides is 10. The Morgan fingerprint density at radius 3 is 1.34 bits per heavy atom. The van der Waals surface area contributed by atoms with Crippen LogP contribution in [-0.2, 0) is 23.8 Å². The topological polar surface area (TPSA) is 176 Å². The minimum atomic E-state index is -1.19. The second kappa shape index (κ2) is 10.2. The second-order valence-corrected chi connectivity index (χ2v) is 8.92. The first-order valence-electron chi connectivity index (χ1n) is 11.5. The molecule has 4 unspecified atom stereocenters. The van der Waals surface area contributed by atoms with Crippen molar-refractivity contribution < 1.29 is 48.1 Å². The first-order chi connectivity index (χ1) is 18.1. The maximum absolute atomic E-state index is 13.6. The smallest absolute Gasteiger partial charge is 0.332 e. The zero-order valence-electron chi connectivity index (χ0n) is 21.5. The molecule has 0 aromatic heterocycles. The fourth-order valence-corrected chi connectivity index (χ4v) is 5.41. The van der Waals surface area contributed by atoms with Crippen LogP contribution in [0.2, 0.25) is 0 Å². The Morgan fingerprint density at radius 1 is 0.605 bits per heavy atom. The van der Waals surface area contributed by atoms with E-state index >= 15 is 0 Å². The van der Waals surface area contributed by atoms with Crippen LogP contribution in [0.4, 0.5) is 19.2 Å². The molecule has 210 valence electrons. The van der Waals surface area contributed by atoms with Crippen molar-refractivity contribution in [3.8, 4) is 0 Å². The standard InChI is InChI=1S/C20H30N8O10/c1-11(30)27-16-14(24(8-36-3)18(33)26(16)10-38-5)22(19(27)34)6-21-13-15(25(9-37-4)17(21)32)28(12(2)31)20(35)23(13)7-29/h13-16,29H,6-10H2,1-5H3. The van der Waals surface area contributed by atoms with Gasteiger partial charge in [-0.15, -0.1) is 0 Å². The molecule has 38 heavy (non-hydrogen) atoms. The molecule has 4 heterocycles. The molecule has 0 saturated carbocycles. The summed E-state index contributed by atoms with van der Waals surface area (Å²) in [6, 6.07) is -2.93. The van der Waals surface area contributed by atoms with Crippen LogP contribution >= 0.6 is 0 Å². The van der Waals surface area contributed by atoms with E-state index in [9.17, 15) is 33.9 Å². The fourth-order valence-electron chi connectivity index (χ4n) is 5.41. The molecule has 0 bridgehead atoms. The van der Waals surface area contributed by atoms with Gasteiger partial charge in [-0.3, -0.25) is 39.0 Å². The molecule has 4 fully saturated rings. The molecule has 10 amide bonds. The van der Waals surface area contributed by atoms with Gasteiger partial charge in [0.1, 0.15) is 33.6 Å². The number of imide groups is 2. The van der Waals surface area contributed by atoms with Gasteiger partial charge >= 0.3 is 24.1 Å². The molecule has 0 spiro atoms. The van der Waals surface area contributed by atoms with E-state index in [2.05, 4.69) is 0 Å². The molecule has 18 nitrogen and oxygen atoms in total. The summed E-state index contributed by atoms with van der Waals surface area (Å²) in [6.45, 7) is 0.188. The normalized spacial score (nSPS) is 27.0. The first-order valence-corrected chi connectivity index (χ1v) is 11.5. The highest BCUT2D eigenvalue weighted by Gasteiger charge is 2.64. The Balaban J connectivity index is 1.76. The van der Waals surface area contributed by atoms with E-state index in [1.165, 1.54) is 31.1 Å². The number of hydrogen-bond donors (Lipinski definition) is 1. The molecule has 4 rings (SSSR count). The van der Waals surface area contributed by atoms with Crippen LogP contribution in [0.15, 0.2) is 0 Å². The van der Waals surface area contributed by atoms with Gasteiger partial charge in [-0.25, -0.2) is 29.0 Å². The second-order valence-electron chi connectivity index (χ2n) is 8.92. The van der Waals surface area contributed by atoms with Gasteiger partial charge in [0.15, 0.2) is 24.7 Å². The Bertz CT molecular complexity index is 1040. The molecule has 0 radical (unpaired) electrons. The summed E-state index contributed by atoms with van der Waals surface area (Å²) in [5.41, 5.74) is 0. The van der Waals surface area contributed by atoms with Gasteiger partial charge in [0.05, 0.1) is 0 Å². The van der Waals surface area contributed by atoms with Crippen LogP contribution < -0.4 is 0 Å². The molecule has 18 heteroatoms. The minimum Gasteiger partial charge on any atom is -0.376 e. The number of aliphatic hydroxyl groups is 1. The van der Waals surface area contributed by atoms with Crippen LogP contribution in [0.3, 0.4) is 0 Å². The molecule has 0 aromatic carbocycles. The molecular formula is C20H30N8O10. The third-order valence-electron chi connectivity index (χ3n) is 6.80. The van der Waals surface area contributed by atoms with E-state index in [1.54, 1.807) is 0 Å². The van der Waals surface area contributed by atoms with Crippen molar-refractivity contribution in [3.63, 3.8) is 0 Å². The number of carbonyl (C=O) groups excluding carboxylic acids is 6. The molecule has 4 atom stereocenters. The van der Waals surface area contributed by atoms with E-state index < -0.39 is 74.0 Å². The van der Waals surface area contributed by atoms with Gasteiger partial charge in [0.25, 0.3) is 0 Å². The SMILES string of the molecule is COCN1C(=O)N(COC)C2C1N(CN1C(=O)N(COC)C3C1N(CO)C(=O)N3C(C)=O)C(=O)N2C(C)=O. The average molecular weight is 543 g/mol. The minimum absolute atomic E-state index is 0.236. The predicted octanol–water partition coefficient (Wildman–Crippen LogP) is -1.95. The van der Waals surface area contributed by atoms with Gasteiger partial charge in [-0.05, 0) is 0 Å². The first kappa shape index (κ1) is 27.3.